The Balaban J connectivity index is 2.04. The summed E-state index contributed by atoms with van der Waals surface area (Å²) in [4.78, 5) is 1.26. The first-order valence-electron chi connectivity index (χ1n) is 4.81. The van der Waals surface area contributed by atoms with Crippen LogP contribution >= 0.6 is 22.9 Å². The monoisotopic (exact) mass is 233 g/mol. The Morgan fingerprint density at radius 1 is 1.57 bits per heavy atom. The van der Waals surface area contributed by atoms with Crippen LogP contribution in [0.25, 0.3) is 0 Å². The fourth-order valence-electron chi connectivity index (χ4n) is 1.18. The molecule has 1 aromatic rings. The van der Waals surface area contributed by atoms with Crippen molar-refractivity contribution in [1.82, 2.24) is 5.32 Å². The highest BCUT2D eigenvalue weighted by atomic mass is 35.5. The standard InChI is InChI=1S/C10H16ClNOS/c1-8(13)3-2-6-12-7-9-4-5-10(11)14-9/h4-5,8,12-13H,2-3,6-7H2,1H3. The summed E-state index contributed by atoms with van der Waals surface area (Å²) in [5, 5.41) is 12.3. The van der Waals surface area contributed by atoms with E-state index in [4.69, 9.17) is 16.7 Å². The zero-order chi connectivity index (χ0) is 10.4. The molecule has 1 unspecified atom stereocenters. The summed E-state index contributed by atoms with van der Waals surface area (Å²) in [5.41, 5.74) is 0. The quantitative estimate of drug-likeness (QED) is 0.741. The van der Waals surface area contributed by atoms with Crippen molar-refractivity contribution in [1.29, 1.82) is 0 Å². The molecule has 0 aliphatic heterocycles. The molecule has 0 aliphatic rings. The van der Waals surface area contributed by atoms with E-state index < -0.39 is 0 Å². The molecule has 1 heterocycles. The van der Waals surface area contributed by atoms with Gasteiger partial charge < -0.3 is 10.4 Å². The van der Waals surface area contributed by atoms with Crippen LogP contribution in [0.5, 0.6) is 0 Å². The zero-order valence-corrected chi connectivity index (χ0v) is 9.87. The lowest BCUT2D eigenvalue weighted by Gasteiger charge is -2.04. The van der Waals surface area contributed by atoms with Crippen LogP contribution in [0.3, 0.4) is 0 Å². The topological polar surface area (TPSA) is 32.3 Å². The zero-order valence-electron chi connectivity index (χ0n) is 8.29. The van der Waals surface area contributed by atoms with Gasteiger partial charge in [0.25, 0.3) is 0 Å². The Kier molecular flexibility index (Phi) is 5.48. The van der Waals surface area contributed by atoms with Gasteiger partial charge in [0.2, 0.25) is 0 Å². The van der Waals surface area contributed by atoms with Crippen molar-refractivity contribution in [3.8, 4) is 0 Å². The first-order chi connectivity index (χ1) is 6.68. The average molecular weight is 234 g/mol. The van der Waals surface area contributed by atoms with Crippen LogP contribution < -0.4 is 5.32 Å². The molecule has 0 spiro atoms. The highest BCUT2D eigenvalue weighted by molar-refractivity contribution is 7.16. The smallest absolute Gasteiger partial charge is 0.0931 e. The van der Waals surface area contributed by atoms with Crippen LogP contribution in [0, 0.1) is 0 Å². The number of aliphatic hydroxyl groups excluding tert-OH is 1. The van der Waals surface area contributed by atoms with E-state index in [0.717, 1.165) is 30.3 Å². The van der Waals surface area contributed by atoms with Gasteiger partial charge in [0, 0.05) is 11.4 Å². The Hall–Kier alpha value is -0.0900. The molecular formula is C10H16ClNOS. The van der Waals surface area contributed by atoms with E-state index in [1.165, 1.54) is 4.88 Å². The molecule has 2 N–H and O–H groups in total. The van der Waals surface area contributed by atoms with Crippen LogP contribution in [0.4, 0.5) is 0 Å². The SMILES string of the molecule is CC(O)CCCNCc1ccc(Cl)s1. The lowest BCUT2D eigenvalue weighted by Crippen LogP contribution is -2.15. The van der Waals surface area contributed by atoms with Crippen molar-refractivity contribution in [3.05, 3.63) is 21.3 Å². The van der Waals surface area contributed by atoms with Crippen LogP contribution in [0.15, 0.2) is 12.1 Å². The van der Waals surface area contributed by atoms with Crippen LogP contribution in [-0.4, -0.2) is 17.8 Å². The predicted octanol–water partition coefficient (Wildman–Crippen LogP) is 2.65. The summed E-state index contributed by atoms with van der Waals surface area (Å²) in [6.07, 6.45) is 1.68. The molecule has 0 saturated heterocycles. The molecule has 0 aromatic carbocycles. The van der Waals surface area contributed by atoms with Crippen molar-refractivity contribution < 1.29 is 5.11 Å². The molecule has 0 amide bonds. The number of halogens is 1. The van der Waals surface area contributed by atoms with E-state index in [9.17, 15) is 0 Å². The van der Waals surface area contributed by atoms with Gasteiger partial charge in [-0.1, -0.05) is 11.6 Å². The minimum Gasteiger partial charge on any atom is -0.393 e. The summed E-state index contributed by atoms with van der Waals surface area (Å²) in [6, 6.07) is 3.95. The largest absolute Gasteiger partial charge is 0.393 e. The first-order valence-corrected chi connectivity index (χ1v) is 6.01. The summed E-state index contributed by atoms with van der Waals surface area (Å²) < 4.78 is 0.839. The fourth-order valence-corrected chi connectivity index (χ4v) is 2.24. The minimum absolute atomic E-state index is 0.187. The third-order valence-corrected chi connectivity index (χ3v) is 3.13. The van der Waals surface area contributed by atoms with Gasteiger partial charge in [-0.15, -0.1) is 11.3 Å². The maximum absolute atomic E-state index is 9.03. The molecule has 0 aliphatic carbocycles. The average Bonchev–Trinajstić information content (AvgIpc) is 2.50. The van der Waals surface area contributed by atoms with Crippen LogP contribution in [-0.2, 0) is 6.54 Å². The molecule has 0 bridgehead atoms. The van der Waals surface area contributed by atoms with Gasteiger partial charge in [-0.05, 0) is 38.4 Å². The Labute approximate surface area is 93.9 Å². The summed E-state index contributed by atoms with van der Waals surface area (Å²) in [5.74, 6) is 0. The normalized spacial score (nSPS) is 13.1. The van der Waals surface area contributed by atoms with E-state index in [1.54, 1.807) is 11.3 Å². The van der Waals surface area contributed by atoms with Crippen molar-refractivity contribution >= 4 is 22.9 Å². The second kappa shape index (κ2) is 6.40. The number of aliphatic hydroxyl groups is 1. The molecule has 14 heavy (non-hydrogen) atoms. The van der Waals surface area contributed by atoms with Gasteiger partial charge in [0.15, 0.2) is 0 Å². The lowest BCUT2D eigenvalue weighted by molar-refractivity contribution is 0.181. The van der Waals surface area contributed by atoms with Gasteiger partial charge in [-0.2, -0.15) is 0 Å². The second-order valence-corrected chi connectivity index (χ2v) is 5.17. The predicted molar refractivity (Wildman–Crippen MR) is 62.0 cm³/mol. The number of hydrogen-bond donors (Lipinski definition) is 2. The molecule has 0 saturated carbocycles. The summed E-state index contributed by atoms with van der Waals surface area (Å²) in [7, 11) is 0. The third kappa shape index (κ3) is 4.96. The second-order valence-electron chi connectivity index (χ2n) is 3.37. The molecular weight excluding hydrogens is 218 g/mol. The minimum atomic E-state index is -0.187. The van der Waals surface area contributed by atoms with E-state index >= 15 is 0 Å². The van der Waals surface area contributed by atoms with Gasteiger partial charge in [-0.3, -0.25) is 0 Å². The summed E-state index contributed by atoms with van der Waals surface area (Å²) >= 11 is 7.41. The van der Waals surface area contributed by atoms with Crippen LogP contribution in [0.2, 0.25) is 4.34 Å². The molecule has 1 aromatic heterocycles. The number of rotatable bonds is 6. The Morgan fingerprint density at radius 3 is 2.93 bits per heavy atom. The van der Waals surface area contributed by atoms with E-state index in [0.29, 0.717) is 0 Å². The van der Waals surface area contributed by atoms with Crippen LogP contribution in [0.1, 0.15) is 24.6 Å². The highest BCUT2D eigenvalue weighted by Crippen LogP contribution is 2.20. The van der Waals surface area contributed by atoms with Crippen molar-refractivity contribution in [2.75, 3.05) is 6.54 Å². The van der Waals surface area contributed by atoms with Crippen molar-refractivity contribution in [2.24, 2.45) is 0 Å². The molecule has 0 fully saturated rings. The third-order valence-electron chi connectivity index (χ3n) is 1.90. The molecule has 2 nitrogen and oxygen atoms in total. The van der Waals surface area contributed by atoms with Gasteiger partial charge >= 0.3 is 0 Å². The van der Waals surface area contributed by atoms with E-state index in [1.807, 2.05) is 19.1 Å². The maximum atomic E-state index is 9.03. The Morgan fingerprint density at radius 2 is 2.36 bits per heavy atom. The molecule has 4 heteroatoms. The number of nitrogens with one attached hydrogen (secondary N) is 1. The van der Waals surface area contributed by atoms with Crippen molar-refractivity contribution in [3.63, 3.8) is 0 Å². The van der Waals surface area contributed by atoms with E-state index in [2.05, 4.69) is 5.32 Å². The molecule has 0 radical (unpaired) electrons. The van der Waals surface area contributed by atoms with Gasteiger partial charge in [0.1, 0.15) is 0 Å². The Bertz CT molecular complexity index is 262. The van der Waals surface area contributed by atoms with Gasteiger partial charge in [0.05, 0.1) is 10.4 Å². The lowest BCUT2D eigenvalue weighted by atomic mass is 10.2. The first kappa shape index (κ1) is 12.0. The highest BCUT2D eigenvalue weighted by Gasteiger charge is 1.98. The van der Waals surface area contributed by atoms with Gasteiger partial charge in [-0.25, -0.2) is 0 Å². The number of thiophene rings is 1. The molecule has 1 atom stereocenters. The number of hydrogen-bond acceptors (Lipinski definition) is 3. The fraction of sp³-hybridized carbons (Fsp3) is 0.600. The molecule has 80 valence electrons. The maximum Gasteiger partial charge on any atom is 0.0931 e. The van der Waals surface area contributed by atoms with Crippen molar-refractivity contribution in [2.45, 2.75) is 32.4 Å². The van der Waals surface area contributed by atoms with E-state index in [-0.39, 0.29) is 6.10 Å². The molecule has 1 rings (SSSR count). The summed E-state index contributed by atoms with van der Waals surface area (Å²) in [6.45, 7) is 3.64.